The van der Waals surface area contributed by atoms with Crippen molar-refractivity contribution in [3.63, 3.8) is 0 Å². The summed E-state index contributed by atoms with van der Waals surface area (Å²) in [4.78, 5) is 42.1. The summed E-state index contributed by atoms with van der Waals surface area (Å²) in [6, 6.07) is 7.92. The lowest BCUT2D eigenvalue weighted by molar-refractivity contribution is -0.116. The number of nitrogens with zero attached hydrogens (tertiary/aromatic N) is 1. The summed E-state index contributed by atoms with van der Waals surface area (Å²) in [6.07, 6.45) is 2.01. The highest BCUT2D eigenvalue weighted by Gasteiger charge is 2.15. The zero-order valence-corrected chi connectivity index (χ0v) is 15.9. The molecule has 0 radical (unpaired) electrons. The number of aryl methyl sites for hydroxylation is 1. The van der Waals surface area contributed by atoms with Crippen molar-refractivity contribution in [3.8, 4) is 11.5 Å². The van der Waals surface area contributed by atoms with Gasteiger partial charge in [0.15, 0.2) is 16.6 Å². The Morgan fingerprint density at radius 1 is 1.14 bits per heavy atom. The van der Waals surface area contributed by atoms with E-state index in [2.05, 4.69) is 20.6 Å². The quantitative estimate of drug-likeness (QED) is 0.571. The average molecular weight is 412 g/mol. The van der Waals surface area contributed by atoms with E-state index in [-0.39, 0.29) is 30.6 Å². The van der Waals surface area contributed by atoms with Crippen LogP contribution in [-0.4, -0.2) is 28.6 Å². The highest BCUT2D eigenvalue weighted by molar-refractivity contribution is 7.14. The van der Waals surface area contributed by atoms with Crippen molar-refractivity contribution in [2.75, 3.05) is 17.4 Å². The number of ether oxygens (including phenoxy) is 2. The van der Waals surface area contributed by atoms with Crippen molar-refractivity contribution in [1.82, 2.24) is 9.97 Å². The molecule has 0 atom stereocenters. The maximum atomic E-state index is 12.2. The van der Waals surface area contributed by atoms with Gasteiger partial charge in [-0.05, 0) is 24.6 Å². The predicted molar refractivity (Wildman–Crippen MR) is 107 cm³/mol. The van der Waals surface area contributed by atoms with Gasteiger partial charge in [0, 0.05) is 35.8 Å². The number of aromatic nitrogens is 2. The third kappa shape index (κ3) is 4.61. The topological polar surface area (TPSA) is 122 Å². The number of anilines is 2. The molecular formula is C19H16N4O5S. The summed E-state index contributed by atoms with van der Waals surface area (Å²) in [6.45, 7) is 0.178. The largest absolute Gasteiger partial charge is 0.454 e. The zero-order chi connectivity index (χ0) is 20.2. The zero-order valence-electron chi connectivity index (χ0n) is 15.1. The first kappa shape index (κ1) is 18.7. The Hall–Kier alpha value is -3.66. The summed E-state index contributed by atoms with van der Waals surface area (Å²) in [7, 11) is 0. The fraction of sp³-hybridized carbons (Fsp3) is 0.158. The van der Waals surface area contributed by atoms with Gasteiger partial charge in [-0.15, -0.1) is 11.3 Å². The molecule has 9 nitrogen and oxygen atoms in total. The lowest BCUT2D eigenvalue weighted by Gasteiger charge is -2.05. The summed E-state index contributed by atoms with van der Waals surface area (Å²) < 4.78 is 10.5. The second-order valence-electron chi connectivity index (χ2n) is 6.16. The third-order valence-electron chi connectivity index (χ3n) is 4.08. The number of hydrogen-bond acceptors (Lipinski definition) is 7. The minimum atomic E-state index is -0.372. The van der Waals surface area contributed by atoms with Gasteiger partial charge in [-0.25, -0.2) is 4.98 Å². The van der Waals surface area contributed by atoms with Crippen molar-refractivity contribution in [2.24, 2.45) is 0 Å². The molecule has 3 N–H and O–H groups in total. The number of amides is 2. The molecule has 0 saturated carbocycles. The van der Waals surface area contributed by atoms with E-state index in [0.717, 1.165) is 0 Å². The van der Waals surface area contributed by atoms with Crippen molar-refractivity contribution >= 4 is 34.0 Å². The fourth-order valence-electron chi connectivity index (χ4n) is 2.64. The highest BCUT2D eigenvalue weighted by atomic mass is 32.1. The molecule has 4 rings (SSSR count). The van der Waals surface area contributed by atoms with Crippen LogP contribution in [0.4, 0.5) is 10.8 Å². The number of carbonyl (C=O) groups is 2. The van der Waals surface area contributed by atoms with E-state index < -0.39 is 0 Å². The molecule has 0 aliphatic carbocycles. The van der Waals surface area contributed by atoms with E-state index in [1.165, 1.54) is 29.7 Å². The number of thiazole rings is 1. The monoisotopic (exact) mass is 412 g/mol. The maximum Gasteiger partial charge on any atom is 0.258 e. The van der Waals surface area contributed by atoms with Gasteiger partial charge in [0.05, 0.1) is 11.3 Å². The molecule has 0 spiro atoms. The second-order valence-corrected chi connectivity index (χ2v) is 7.01. The highest BCUT2D eigenvalue weighted by Crippen LogP contribution is 2.34. The third-order valence-corrected chi connectivity index (χ3v) is 4.89. The molecule has 2 aromatic heterocycles. The van der Waals surface area contributed by atoms with E-state index in [4.69, 9.17) is 9.47 Å². The molecule has 1 aliphatic heterocycles. The first-order chi connectivity index (χ1) is 14.1. The van der Waals surface area contributed by atoms with Crippen molar-refractivity contribution in [1.29, 1.82) is 0 Å². The summed E-state index contributed by atoms with van der Waals surface area (Å²) in [5, 5.41) is 7.69. The lowest BCUT2D eigenvalue weighted by Crippen LogP contribution is -2.14. The lowest BCUT2D eigenvalue weighted by atomic mass is 10.2. The molecule has 0 bridgehead atoms. The molecule has 0 unspecified atom stereocenters. The van der Waals surface area contributed by atoms with Crippen LogP contribution in [0.15, 0.2) is 46.7 Å². The minimum absolute atomic E-state index is 0.157. The van der Waals surface area contributed by atoms with Crippen LogP contribution in [-0.2, 0) is 11.2 Å². The van der Waals surface area contributed by atoms with E-state index in [9.17, 15) is 14.4 Å². The number of fused-ring (bicyclic) bond motifs is 1. The smallest absolute Gasteiger partial charge is 0.258 e. The van der Waals surface area contributed by atoms with Gasteiger partial charge in [0.25, 0.3) is 5.91 Å². The van der Waals surface area contributed by atoms with Crippen molar-refractivity contribution < 1.29 is 19.1 Å². The van der Waals surface area contributed by atoms with Crippen LogP contribution < -0.4 is 25.7 Å². The van der Waals surface area contributed by atoms with Crippen LogP contribution >= 0.6 is 11.3 Å². The van der Waals surface area contributed by atoms with Crippen molar-refractivity contribution in [3.05, 3.63) is 63.5 Å². The van der Waals surface area contributed by atoms with Gasteiger partial charge in [0.2, 0.25) is 18.3 Å². The molecule has 0 fully saturated rings. The van der Waals surface area contributed by atoms with Crippen LogP contribution in [0.2, 0.25) is 0 Å². The normalized spacial score (nSPS) is 11.9. The van der Waals surface area contributed by atoms with Gasteiger partial charge >= 0.3 is 0 Å². The number of hydrogen-bond donors (Lipinski definition) is 3. The molecule has 0 saturated heterocycles. The van der Waals surface area contributed by atoms with E-state index in [1.54, 1.807) is 23.6 Å². The molecule has 148 valence electrons. The summed E-state index contributed by atoms with van der Waals surface area (Å²) >= 11 is 1.27. The first-order valence-corrected chi connectivity index (χ1v) is 9.59. The maximum absolute atomic E-state index is 12.2. The van der Waals surface area contributed by atoms with Gasteiger partial charge < -0.3 is 19.8 Å². The average Bonchev–Trinajstić information content (AvgIpc) is 3.35. The van der Waals surface area contributed by atoms with Crippen LogP contribution in [0.1, 0.15) is 22.5 Å². The molecule has 29 heavy (non-hydrogen) atoms. The number of aromatic amines is 1. The second kappa shape index (κ2) is 8.15. The summed E-state index contributed by atoms with van der Waals surface area (Å²) in [5.41, 5.74) is 1.38. The number of rotatable bonds is 6. The van der Waals surface area contributed by atoms with E-state index >= 15 is 0 Å². The van der Waals surface area contributed by atoms with Gasteiger partial charge in [0.1, 0.15) is 0 Å². The van der Waals surface area contributed by atoms with Crippen LogP contribution in [0.25, 0.3) is 0 Å². The Labute approximate surface area is 168 Å². The van der Waals surface area contributed by atoms with E-state index in [1.807, 2.05) is 0 Å². The van der Waals surface area contributed by atoms with Crippen LogP contribution in [0.5, 0.6) is 11.5 Å². The summed E-state index contributed by atoms with van der Waals surface area (Å²) in [5.74, 6) is 0.727. The number of H-pyrrole nitrogens is 1. The first-order valence-electron chi connectivity index (χ1n) is 8.71. The Balaban J connectivity index is 1.28. The molecule has 1 aromatic carbocycles. The number of pyridine rings is 1. The minimum Gasteiger partial charge on any atom is -0.454 e. The molecular weight excluding hydrogens is 396 g/mol. The number of carbonyl (C=O) groups excluding carboxylic acids is 2. The van der Waals surface area contributed by atoms with Gasteiger partial charge in [-0.3, -0.25) is 19.7 Å². The fourth-order valence-corrected chi connectivity index (χ4v) is 3.38. The number of nitrogens with one attached hydrogen (secondary N) is 3. The Morgan fingerprint density at radius 3 is 2.83 bits per heavy atom. The Morgan fingerprint density at radius 2 is 2.00 bits per heavy atom. The Bertz CT molecular complexity index is 1100. The molecule has 1 aliphatic rings. The number of benzene rings is 1. The standard InChI is InChI=1S/C19H16N4O5S/c24-16-5-1-11(8-20-16)18(26)23-19-22-13(9-29-19)3-6-17(25)21-12-2-4-14-15(7-12)28-10-27-14/h1-2,4-5,7-9H,3,6,10H2,(H,20,24)(H,21,25)(H,22,23,26). The van der Waals surface area contributed by atoms with Gasteiger partial charge in [-0.1, -0.05) is 0 Å². The van der Waals surface area contributed by atoms with Crippen molar-refractivity contribution in [2.45, 2.75) is 12.8 Å². The molecule has 3 aromatic rings. The van der Waals surface area contributed by atoms with Crippen LogP contribution in [0, 0.1) is 0 Å². The SMILES string of the molecule is O=C(CCc1csc(NC(=O)c2ccc(=O)[nH]c2)n1)Nc1ccc2c(c1)OCO2. The molecule has 2 amide bonds. The predicted octanol–water partition coefficient (Wildman–Crippen LogP) is 2.38. The molecule has 10 heteroatoms. The van der Waals surface area contributed by atoms with Crippen LogP contribution in [0.3, 0.4) is 0 Å². The Kier molecular flexibility index (Phi) is 5.25. The van der Waals surface area contributed by atoms with E-state index in [0.29, 0.717) is 40.0 Å². The molecule has 3 heterocycles. The van der Waals surface area contributed by atoms with Gasteiger partial charge in [-0.2, -0.15) is 0 Å².